The van der Waals surface area contributed by atoms with Crippen molar-refractivity contribution in [3.63, 3.8) is 0 Å². The molecule has 0 N–H and O–H groups in total. The van der Waals surface area contributed by atoms with E-state index in [1.54, 1.807) is 17.5 Å². The quantitative estimate of drug-likeness (QED) is 0.845. The molecule has 0 bridgehead atoms. The van der Waals surface area contributed by atoms with Crippen LogP contribution in [0.15, 0.2) is 29.8 Å². The number of ether oxygens (including phenoxy) is 1. The predicted octanol–water partition coefficient (Wildman–Crippen LogP) is 2.32. The molecule has 2 aromatic heterocycles. The monoisotopic (exact) mass is 331 g/mol. The largest absolute Gasteiger partial charge is 0.374 e. The normalized spacial score (nSPS) is 21.0. The molecule has 1 aliphatic heterocycles. The molecule has 5 nitrogen and oxygen atoms in total. The topological polar surface area (TPSA) is 47.4 Å². The third-order valence-electron chi connectivity index (χ3n) is 4.48. The van der Waals surface area contributed by atoms with Crippen LogP contribution >= 0.6 is 11.3 Å². The summed E-state index contributed by atoms with van der Waals surface area (Å²) >= 11 is 1.63. The van der Waals surface area contributed by atoms with Crippen LogP contribution < -0.4 is 0 Å². The molecule has 0 saturated heterocycles. The molecule has 1 fully saturated rings. The van der Waals surface area contributed by atoms with Gasteiger partial charge in [-0.1, -0.05) is 6.07 Å². The molecular formula is C17H21N3O2S. The minimum absolute atomic E-state index is 0.0315. The van der Waals surface area contributed by atoms with Gasteiger partial charge in [-0.05, 0) is 36.3 Å². The van der Waals surface area contributed by atoms with Crippen LogP contribution in [-0.4, -0.2) is 39.8 Å². The molecule has 0 spiro atoms. The zero-order valence-corrected chi connectivity index (χ0v) is 13.9. The molecule has 122 valence electrons. The van der Waals surface area contributed by atoms with Crippen molar-refractivity contribution in [1.82, 2.24) is 14.7 Å². The summed E-state index contributed by atoms with van der Waals surface area (Å²) in [5.41, 5.74) is 1.09. The van der Waals surface area contributed by atoms with Crippen molar-refractivity contribution in [3.05, 3.63) is 40.3 Å². The zero-order chi connectivity index (χ0) is 15.6. The first-order valence-corrected chi connectivity index (χ1v) is 9.08. The van der Waals surface area contributed by atoms with E-state index in [0.29, 0.717) is 19.5 Å². The summed E-state index contributed by atoms with van der Waals surface area (Å²) in [5.74, 6) is 0.896. The van der Waals surface area contributed by atoms with Crippen LogP contribution in [0.4, 0.5) is 0 Å². The Labute approximate surface area is 139 Å². The second-order valence-corrected chi connectivity index (χ2v) is 7.47. The van der Waals surface area contributed by atoms with E-state index < -0.39 is 0 Å². The molecule has 1 saturated carbocycles. The van der Waals surface area contributed by atoms with Gasteiger partial charge in [0.15, 0.2) is 0 Å². The Morgan fingerprint density at radius 2 is 2.26 bits per heavy atom. The number of carbonyl (C=O) groups excluding carboxylic acids is 1. The number of thiophene rings is 1. The molecule has 4 rings (SSSR count). The van der Waals surface area contributed by atoms with Crippen molar-refractivity contribution in [2.45, 2.75) is 38.5 Å². The zero-order valence-electron chi connectivity index (χ0n) is 13.1. The maximum absolute atomic E-state index is 12.7. The first-order valence-electron chi connectivity index (χ1n) is 8.20. The molecule has 1 amide bonds. The highest BCUT2D eigenvalue weighted by Gasteiger charge is 2.28. The lowest BCUT2D eigenvalue weighted by Gasteiger charge is -2.24. The van der Waals surface area contributed by atoms with Crippen LogP contribution in [0.1, 0.15) is 23.4 Å². The van der Waals surface area contributed by atoms with Crippen LogP contribution in [0.5, 0.6) is 0 Å². The van der Waals surface area contributed by atoms with Crippen LogP contribution in [0, 0.1) is 5.92 Å². The Bertz CT molecular complexity index is 663. The van der Waals surface area contributed by atoms with Crippen LogP contribution in [-0.2, 0) is 29.0 Å². The third-order valence-corrected chi connectivity index (χ3v) is 5.36. The molecule has 1 aliphatic carbocycles. The highest BCUT2D eigenvalue weighted by Crippen LogP contribution is 2.29. The van der Waals surface area contributed by atoms with Crippen LogP contribution in [0.2, 0.25) is 0 Å². The van der Waals surface area contributed by atoms with E-state index in [2.05, 4.69) is 5.10 Å². The summed E-state index contributed by atoms with van der Waals surface area (Å²) in [7, 11) is 0. The molecule has 0 radical (unpaired) electrons. The van der Waals surface area contributed by atoms with E-state index in [1.165, 1.54) is 12.8 Å². The van der Waals surface area contributed by atoms with E-state index >= 15 is 0 Å². The fraction of sp³-hybridized carbons (Fsp3) is 0.529. The lowest BCUT2D eigenvalue weighted by molar-refractivity contribution is -0.133. The number of hydrogen-bond donors (Lipinski definition) is 0. The van der Waals surface area contributed by atoms with Gasteiger partial charge in [0, 0.05) is 24.2 Å². The number of fused-ring (bicyclic) bond motifs is 1. The molecule has 0 aromatic carbocycles. The fourth-order valence-electron chi connectivity index (χ4n) is 2.94. The van der Waals surface area contributed by atoms with Gasteiger partial charge >= 0.3 is 0 Å². The average molecular weight is 331 g/mol. The van der Waals surface area contributed by atoms with E-state index in [9.17, 15) is 4.79 Å². The molecule has 1 atom stereocenters. The van der Waals surface area contributed by atoms with Crippen molar-refractivity contribution >= 4 is 17.2 Å². The Balaban J connectivity index is 1.47. The molecule has 23 heavy (non-hydrogen) atoms. The van der Waals surface area contributed by atoms with Crippen molar-refractivity contribution in [1.29, 1.82) is 0 Å². The van der Waals surface area contributed by atoms with Crippen LogP contribution in [0.3, 0.4) is 0 Å². The summed E-state index contributed by atoms with van der Waals surface area (Å²) in [4.78, 5) is 15.7. The number of carbonyl (C=O) groups is 1. The molecular weight excluding hydrogens is 310 g/mol. The van der Waals surface area contributed by atoms with Gasteiger partial charge < -0.3 is 9.64 Å². The highest BCUT2D eigenvalue weighted by molar-refractivity contribution is 7.10. The van der Waals surface area contributed by atoms with Gasteiger partial charge in [0.05, 0.1) is 31.3 Å². The number of amides is 1. The van der Waals surface area contributed by atoms with Gasteiger partial charge in [-0.3, -0.25) is 9.48 Å². The van der Waals surface area contributed by atoms with Gasteiger partial charge in [0.2, 0.25) is 5.91 Å². The van der Waals surface area contributed by atoms with Crippen molar-refractivity contribution in [2.24, 2.45) is 5.92 Å². The molecule has 2 aromatic rings. The van der Waals surface area contributed by atoms with E-state index in [1.807, 2.05) is 33.2 Å². The Morgan fingerprint density at radius 1 is 1.35 bits per heavy atom. The minimum atomic E-state index is 0.0315. The van der Waals surface area contributed by atoms with E-state index in [0.717, 1.165) is 29.6 Å². The van der Waals surface area contributed by atoms with E-state index in [4.69, 9.17) is 4.74 Å². The van der Waals surface area contributed by atoms with Gasteiger partial charge in [-0.25, -0.2) is 0 Å². The third kappa shape index (κ3) is 3.64. The summed E-state index contributed by atoms with van der Waals surface area (Å²) in [5, 5.41) is 6.40. The first-order chi connectivity index (χ1) is 11.3. The number of rotatable bonds is 5. The van der Waals surface area contributed by atoms with Crippen LogP contribution in [0.25, 0.3) is 0 Å². The lowest BCUT2D eigenvalue weighted by Crippen LogP contribution is -2.38. The van der Waals surface area contributed by atoms with Crippen molar-refractivity contribution < 1.29 is 9.53 Å². The SMILES string of the molecule is O=C(Cc1cccs1)N1Cc2ccnn2CC(OCC2CC2)C1. The maximum atomic E-state index is 12.7. The Kier molecular flexibility index (Phi) is 4.18. The second kappa shape index (κ2) is 6.45. The lowest BCUT2D eigenvalue weighted by atomic mass is 10.2. The average Bonchev–Trinajstić information content (AvgIpc) is 3.12. The maximum Gasteiger partial charge on any atom is 0.228 e. The summed E-state index contributed by atoms with van der Waals surface area (Å²) in [6.45, 7) is 2.82. The fourth-order valence-corrected chi connectivity index (χ4v) is 3.64. The summed E-state index contributed by atoms with van der Waals surface area (Å²) in [6.07, 6.45) is 4.87. The molecule has 2 aliphatic rings. The minimum Gasteiger partial charge on any atom is -0.374 e. The predicted molar refractivity (Wildman–Crippen MR) is 88.1 cm³/mol. The van der Waals surface area contributed by atoms with Crippen molar-refractivity contribution in [2.75, 3.05) is 13.2 Å². The molecule has 6 heteroatoms. The van der Waals surface area contributed by atoms with E-state index in [-0.39, 0.29) is 12.0 Å². The number of nitrogens with zero attached hydrogens (tertiary/aromatic N) is 3. The number of aromatic nitrogens is 2. The Morgan fingerprint density at radius 3 is 3.04 bits per heavy atom. The first kappa shape index (κ1) is 14.9. The summed E-state index contributed by atoms with van der Waals surface area (Å²) in [6, 6.07) is 6.01. The van der Waals surface area contributed by atoms with Gasteiger partial charge in [0.25, 0.3) is 0 Å². The summed E-state index contributed by atoms with van der Waals surface area (Å²) < 4.78 is 8.06. The van der Waals surface area contributed by atoms with Gasteiger partial charge in [0.1, 0.15) is 0 Å². The Hall–Kier alpha value is -1.66. The smallest absolute Gasteiger partial charge is 0.228 e. The highest BCUT2D eigenvalue weighted by atomic mass is 32.1. The van der Waals surface area contributed by atoms with Gasteiger partial charge in [-0.15, -0.1) is 11.3 Å². The number of hydrogen-bond acceptors (Lipinski definition) is 4. The van der Waals surface area contributed by atoms with Gasteiger partial charge in [-0.2, -0.15) is 5.10 Å². The second-order valence-electron chi connectivity index (χ2n) is 6.43. The van der Waals surface area contributed by atoms with Crippen molar-refractivity contribution in [3.8, 4) is 0 Å². The molecule has 3 heterocycles. The molecule has 1 unspecified atom stereocenters. The standard InChI is InChI=1S/C17H21N3O2S/c21-17(8-16-2-1-7-23-16)19-9-14-5-6-18-20(14)11-15(10-19)22-12-13-3-4-13/h1-2,5-7,13,15H,3-4,8-12H2.